The van der Waals surface area contributed by atoms with Crippen LogP contribution in [0.1, 0.15) is 27.2 Å². The molecule has 120 valence electrons. The molecule has 1 aromatic rings. The highest BCUT2D eigenvalue weighted by Gasteiger charge is 2.32. The Balaban J connectivity index is 3.23. The second kappa shape index (κ2) is 6.33. The van der Waals surface area contributed by atoms with Gasteiger partial charge in [0.2, 0.25) is 10.0 Å². The Kier molecular flexibility index (Phi) is 5.40. The highest BCUT2D eigenvalue weighted by atomic mass is 32.2. The van der Waals surface area contributed by atoms with E-state index in [2.05, 4.69) is 4.72 Å². The molecule has 1 atom stereocenters. The topological polar surface area (TPSA) is 72.2 Å². The van der Waals surface area contributed by atoms with Gasteiger partial charge in [0.25, 0.3) is 0 Å². The lowest BCUT2D eigenvalue weighted by molar-refractivity contribution is 0.286. The zero-order valence-electron chi connectivity index (χ0n) is 12.1. The molecule has 0 amide bonds. The smallest absolute Gasteiger partial charge is 0.246 e. The second-order valence-corrected chi connectivity index (χ2v) is 7.47. The summed E-state index contributed by atoms with van der Waals surface area (Å²) in [4.78, 5) is -1.19. The molecule has 1 unspecified atom stereocenters. The molecule has 0 radical (unpaired) electrons. The van der Waals surface area contributed by atoms with E-state index in [-0.39, 0.29) is 6.54 Å². The summed E-state index contributed by atoms with van der Waals surface area (Å²) in [5.41, 5.74) is 4.93. The quantitative estimate of drug-likeness (QED) is 0.872. The van der Waals surface area contributed by atoms with Crippen molar-refractivity contribution in [3.05, 3.63) is 29.6 Å². The number of nitrogens with two attached hydrogens (primary N) is 1. The fourth-order valence-electron chi connectivity index (χ4n) is 1.87. The fourth-order valence-corrected chi connectivity index (χ4v) is 3.46. The molecular weight excluding hydrogens is 305 g/mol. The van der Waals surface area contributed by atoms with Gasteiger partial charge in [-0.1, -0.05) is 20.8 Å². The standard InChI is InChI=1S/C13H19F3N2O2S/c1-13(2,3)11(4-5-17)18-21(19,20)12-9(15)6-8(14)7-10(12)16/h6-7,11,18H,4-5,17H2,1-3H3. The molecule has 0 bridgehead atoms. The summed E-state index contributed by atoms with van der Waals surface area (Å²) in [7, 11) is -4.47. The van der Waals surface area contributed by atoms with Crippen molar-refractivity contribution in [2.45, 2.75) is 38.1 Å². The van der Waals surface area contributed by atoms with Crippen molar-refractivity contribution in [1.82, 2.24) is 4.72 Å². The second-order valence-electron chi connectivity index (χ2n) is 5.82. The first kappa shape index (κ1) is 17.9. The van der Waals surface area contributed by atoms with Crippen molar-refractivity contribution >= 4 is 10.0 Å². The van der Waals surface area contributed by atoms with Crippen molar-refractivity contribution in [3.63, 3.8) is 0 Å². The molecule has 1 aromatic carbocycles. The number of rotatable bonds is 5. The molecule has 0 aliphatic rings. The maximum atomic E-state index is 13.6. The third-order valence-corrected chi connectivity index (χ3v) is 4.55. The first-order valence-electron chi connectivity index (χ1n) is 6.36. The van der Waals surface area contributed by atoms with Gasteiger partial charge in [0.15, 0.2) is 4.90 Å². The first-order valence-corrected chi connectivity index (χ1v) is 7.84. The lowest BCUT2D eigenvalue weighted by Crippen LogP contribution is -2.45. The monoisotopic (exact) mass is 324 g/mol. The maximum absolute atomic E-state index is 13.6. The van der Waals surface area contributed by atoms with E-state index < -0.39 is 43.8 Å². The maximum Gasteiger partial charge on any atom is 0.246 e. The predicted molar refractivity (Wildman–Crippen MR) is 73.6 cm³/mol. The third kappa shape index (κ3) is 4.42. The van der Waals surface area contributed by atoms with Gasteiger partial charge in [-0.3, -0.25) is 0 Å². The fraction of sp³-hybridized carbons (Fsp3) is 0.538. The van der Waals surface area contributed by atoms with Gasteiger partial charge in [-0.05, 0) is 18.4 Å². The summed E-state index contributed by atoms with van der Waals surface area (Å²) >= 11 is 0. The van der Waals surface area contributed by atoms with Gasteiger partial charge in [0.05, 0.1) is 0 Å². The number of nitrogens with one attached hydrogen (secondary N) is 1. The van der Waals surface area contributed by atoms with Crippen LogP contribution >= 0.6 is 0 Å². The van der Waals surface area contributed by atoms with Gasteiger partial charge in [0.1, 0.15) is 17.5 Å². The lowest BCUT2D eigenvalue weighted by Gasteiger charge is -2.31. The molecule has 3 N–H and O–H groups in total. The van der Waals surface area contributed by atoms with E-state index in [4.69, 9.17) is 5.73 Å². The SMILES string of the molecule is CC(C)(C)C(CCN)NS(=O)(=O)c1c(F)cc(F)cc1F. The summed E-state index contributed by atoms with van der Waals surface area (Å²) in [5, 5.41) is 0. The average Bonchev–Trinajstić information content (AvgIpc) is 2.24. The van der Waals surface area contributed by atoms with E-state index in [0.717, 1.165) is 0 Å². The number of hydrogen-bond donors (Lipinski definition) is 2. The minimum Gasteiger partial charge on any atom is -0.330 e. The first-order chi connectivity index (χ1) is 9.49. The molecule has 0 heterocycles. The van der Waals surface area contributed by atoms with Gasteiger partial charge in [-0.25, -0.2) is 26.3 Å². The molecule has 0 aliphatic heterocycles. The Labute approximate surface area is 122 Å². The van der Waals surface area contributed by atoms with Gasteiger partial charge < -0.3 is 5.73 Å². The van der Waals surface area contributed by atoms with E-state index in [9.17, 15) is 21.6 Å². The average molecular weight is 324 g/mol. The summed E-state index contributed by atoms with van der Waals surface area (Å²) in [6.07, 6.45) is 0.299. The zero-order chi connectivity index (χ0) is 16.4. The van der Waals surface area contributed by atoms with Crippen LogP contribution in [0.25, 0.3) is 0 Å². The van der Waals surface area contributed by atoms with Crippen LogP contribution in [0, 0.1) is 22.9 Å². The van der Waals surface area contributed by atoms with E-state index in [1.165, 1.54) is 0 Å². The highest BCUT2D eigenvalue weighted by molar-refractivity contribution is 7.89. The molecule has 8 heteroatoms. The predicted octanol–water partition coefficient (Wildman–Crippen LogP) is 2.15. The molecule has 0 saturated heterocycles. The van der Waals surface area contributed by atoms with Crippen LogP contribution in [0.3, 0.4) is 0 Å². The third-order valence-electron chi connectivity index (χ3n) is 3.03. The largest absolute Gasteiger partial charge is 0.330 e. The van der Waals surface area contributed by atoms with Crippen molar-refractivity contribution in [2.75, 3.05) is 6.54 Å². The molecular formula is C13H19F3N2O2S. The van der Waals surface area contributed by atoms with Crippen molar-refractivity contribution in [1.29, 1.82) is 0 Å². The molecule has 0 aliphatic carbocycles. The van der Waals surface area contributed by atoms with Gasteiger partial charge >= 0.3 is 0 Å². The number of hydrogen-bond acceptors (Lipinski definition) is 3. The molecule has 21 heavy (non-hydrogen) atoms. The van der Waals surface area contributed by atoms with Crippen molar-refractivity contribution in [2.24, 2.45) is 11.1 Å². The van der Waals surface area contributed by atoms with Crippen LogP contribution in [0.2, 0.25) is 0 Å². The van der Waals surface area contributed by atoms with Crippen LogP contribution in [-0.4, -0.2) is 21.0 Å². The number of benzene rings is 1. The summed E-state index contributed by atoms with van der Waals surface area (Å²) < 4.78 is 66.7. The Bertz CT molecular complexity index is 589. The molecule has 0 spiro atoms. The van der Waals surface area contributed by atoms with Crippen LogP contribution in [-0.2, 0) is 10.0 Å². The summed E-state index contributed by atoms with van der Waals surface area (Å²) in [6.45, 7) is 5.52. The Hall–Kier alpha value is -1.12. The van der Waals surface area contributed by atoms with Crippen molar-refractivity contribution in [3.8, 4) is 0 Å². The van der Waals surface area contributed by atoms with E-state index in [1.54, 1.807) is 20.8 Å². The molecule has 4 nitrogen and oxygen atoms in total. The van der Waals surface area contributed by atoms with Gasteiger partial charge in [-0.15, -0.1) is 0 Å². The molecule has 0 fully saturated rings. The molecule has 0 saturated carbocycles. The summed E-state index contributed by atoms with van der Waals surface area (Å²) in [5.74, 6) is -4.13. The lowest BCUT2D eigenvalue weighted by atomic mass is 9.85. The minimum absolute atomic E-state index is 0.207. The Morgan fingerprint density at radius 2 is 1.67 bits per heavy atom. The Morgan fingerprint density at radius 1 is 1.19 bits per heavy atom. The minimum atomic E-state index is -4.47. The number of halogens is 3. The van der Waals surface area contributed by atoms with Crippen LogP contribution < -0.4 is 10.5 Å². The van der Waals surface area contributed by atoms with E-state index in [1.807, 2.05) is 0 Å². The highest BCUT2D eigenvalue weighted by Crippen LogP contribution is 2.26. The molecule has 1 rings (SSSR count). The molecule has 0 aromatic heterocycles. The van der Waals surface area contributed by atoms with Gasteiger partial charge in [-0.2, -0.15) is 0 Å². The van der Waals surface area contributed by atoms with Crippen LogP contribution in [0.4, 0.5) is 13.2 Å². The van der Waals surface area contributed by atoms with Crippen LogP contribution in [0.15, 0.2) is 17.0 Å². The summed E-state index contributed by atoms with van der Waals surface area (Å²) in [6, 6.07) is 0.0376. The van der Waals surface area contributed by atoms with E-state index >= 15 is 0 Å². The van der Waals surface area contributed by atoms with Crippen LogP contribution in [0.5, 0.6) is 0 Å². The normalized spacial score (nSPS) is 14.2. The van der Waals surface area contributed by atoms with E-state index in [0.29, 0.717) is 18.6 Å². The number of sulfonamides is 1. The zero-order valence-corrected chi connectivity index (χ0v) is 12.9. The Morgan fingerprint density at radius 3 is 2.05 bits per heavy atom. The van der Waals surface area contributed by atoms with Crippen molar-refractivity contribution < 1.29 is 21.6 Å². The van der Waals surface area contributed by atoms with Gasteiger partial charge in [0, 0.05) is 18.2 Å².